The second kappa shape index (κ2) is 9.44. The summed E-state index contributed by atoms with van der Waals surface area (Å²) in [6.07, 6.45) is 3.45. The third-order valence-electron chi connectivity index (χ3n) is 4.64. The molecule has 1 N–H and O–H groups in total. The Morgan fingerprint density at radius 3 is 2.58 bits per heavy atom. The van der Waals surface area contributed by atoms with Crippen LogP contribution in [0.3, 0.4) is 0 Å². The van der Waals surface area contributed by atoms with Crippen LogP contribution in [0.5, 0.6) is 5.75 Å². The summed E-state index contributed by atoms with van der Waals surface area (Å²) in [4.78, 5) is 16.7. The monoisotopic (exact) mass is 431 g/mol. The van der Waals surface area contributed by atoms with Crippen molar-refractivity contribution in [2.45, 2.75) is 12.1 Å². The highest BCUT2D eigenvalue weighted by Gasteiger charge is 2.18. The largest absolute Gasteiger partial charge is 0.497 e. The fraction of sp³-hybridized carbons (Fsp3) is 0.130. The fourth-order valence-corrected chi connectivity index (χ4v) is 3.79. The molecule has 4 aromatic rings. The van der Waals surface area contributed by atoms with E-state index in [1.54, 1.807) is 19.5 Å². The molecule has 2 heterocycles. The number of nitrogens with one attached hydrogen (secondary N) is 1. The van der Waals surface area contributed by atoms with Gasteiger partial charge in [0, 0.05) is 29.3 Å². The van der Waals surface area contributed by atoms with Crippen LogP contribution < -0.4 is 10.1 Å². The highest BCUT2D eigenvalue weighted by Crippen LogP contribution is 2.28. The predicted molar refractivity (Wildman–Crippen MR) is 122 cm³/mol. The lowest BCUT2D eigenvalue weighted by Crippen LogP contribution is -2.15. The van der Waals surface area contributed by atoms with E-state index >= 15 is 0 Å². The first-order valence-corrected chi connectivity index (χ1v) is 10.6. The molecule has 1 amide bonds. The number of carbonyl (C=O) groups is 1. The van der Waals surface area contributed by atoms with Gasteiger partial charge >= 0.3 is 0 Å². The molecule has 0 aliphatic heterocycles. The standard InChI is InChI=1S/C23H21N5O2S/c1-16-6-3-4-8-20(16)25-21(29)15-31-23-27-26-22(17-7-5-13-24-14-17)28(23)18-9-11-19(30-2)12-10-18/h3-14H,15H2,1-2H3,(H,25,29). The molecule has 156 valence electrons. The van der Waals surface area contributed by atoms with Crippen LogP contribution in [-0.2, 0) is 4.79 Å². The van der Waals surface area contributed by atoms with Crippen molar-refractivity contribution < 1.29 is 9.53 Å². The van der Waals surface area contributed by atoms with Gasteiger partial charge in [-0.05, 0) is 55.0 Å². The van der Waals surface area contributed by atoms with E-state index < -0.39 is 0 Å². The molecule has 0 fully saturated rings. The lowest BCUT2D eigenvalue weighted by molar-refractivity contribution is -0.113. The SMILES string of the molecule is COc1ccc(-n2c(SCC(=O)Nc3ccccc3C)nnc2-c2cccnc2)cc1. The van der Waals surface area contributed by atoms with Crippen LogP contribution in [0.15, 0.2) is 78.2 Å². The molecule has 0 aliphatic rings. The summed E-state index contributed by atoms with van der Waals surface area (Å²) in [7, 11) is 1.63. The molecule has 0 spiro atoms. The normalized spacial score (nSPS) is 10.6. The summed E-state index contributed by atoms with van der Waals surface area (Å²) in [5.74, 6) is 1.51. The van der Waals surface area contributed by atoms with Gasteiger partial charge in [0.05, 0.1) is 12.9 Å². The maximum Gasteiger partial charge on any atom is 0.234 e. The van der Waals surface area contributed by atoms with Crippen molar-refractivity contribution in [2.24, 2.45) is 0 Å². The molecule has 4 rings (SSSR count). The van der Waals surface area contributed by atoms with E-state index in [0.717, 1.165) is 28.3 Å². The third-order valence-corrected chi connectivity index (χ3v) is 5.56. The van der Waals surface area contributed by atoms with Crippen molar-refractivity contribution >= 4 is 23.4 Å². The number of hydrogen-bond donors (Lipinski definition) is 1. The van der Waals surface area contributed by atoms with Crippen LogP contribution in [0.2, 0.25) is 0 Å². The van der Waals surface area contributed by atoms with E-state index in [4.69, 9.17) is 4.74 Å². The molecule has 2 aromatic heterocycles. The molecular formula is C23H21N5O2S. The first kappa shape index (κ1) is 20.6. The lowest BCUT2D eigenvalue weighted by atomic mass is 10.2. The van der Waals surface area contributed by atoms with Crippen LogP contribution in [0.25, 0.3) is 17.1 Å². The van der Waals surface area contributed by atoms with Crippen LogP contribution in [0, 0.1) is 6.92 Å². The maximum absolute atomic E-state index is 12.5. The number of benzene rings is 2. The molecular weight excluding hydrogens is 410 g/mol. The Hall–Kier alpha value is -3.65. The number of amides is 1. The second-order valence-corrected chi connectivity index (χ2v) is 7.68. The number of anilines is 1. The Balaban J connectivity index is 1.60. The van der Waals surface area contributed by atoms with Gasteiger partial charge in [0.15, 0.2) is 11.0 Å². The fourth-order valence-electron chi connectivity index (χ4n) is 3.04. The summed E-state index contributed by atoms with van der Waals surface area (Å²) in [6, 6.07) is 19.1. The Morgan fingerprint density at radius 2 is 1.87 bits per heavy atom. The highest BCUT2D eigenvalue weighted by molar-refractivity contribution is 7.99. The summed E-state index contributed by atoms with van der Waals surface area (Å²) >= 11 is 1.33. The van der Waals surface area contributed by atoms with Gasteiger partial charge in [0.25, 0.3) is 0 Å². The minimum absolute atomic E-state index is 0.105. The number of hydrogen-bond acceptors (Lipinski definition) is 6. The average molecular weight is 432 g/mol. The summed E-state index contributed by atoms with van der Waals surface area (Å²) in [5, 5.41) is 12.3. The van der Waals surface area contributed by atoms with Crippen LogP contribution in [0.1, 0.15) is 5.56 Å². The first-order valence-electron chi connectivity index (χ1n) is 9.64. The number of rotatable bonds is 7. The molecule has 2 aromatic carbocycles. The number of ether oxygens (including phenoxy) is 1. The average Bonchev–Trinajstić information content (AvgIpc) is 3.24. The smallest absolute Gasteiger partial charge is 0.234 e. The van der Waals surface area contributed by atoms with E-state index in [1.807, 2.05) is 72.2 Å². The number of para-hydroxylation sites is 1. The summed E-state index contributed by atoms with van der Waals surface area (Å²) < 4.78 is 7.19. The van der Waals surface area contributed by atoms with Gasteiger partial charge in [-0.2, -0.15) is 0 Å². The second-order valence-electron chi connectivity index (χ2n) is 6.73. The number of pyridine rings is 1. The molecule has 0 atom stereocenters. The van der Waals surface area contributed by atoms with E-state index in [2.05, 4.69) is 20.5 Å². The molecule has 31 heavy (non-hydrogen) atoms. The first-order chi connectivity index (χ1) is 15.2. The summed E-state index contributed by atoms with van der Waals surface area (Å²) in [5.41, 5.74) is 3.52. The van der Waals surface area contributed by atoms with Crippen molar-refractivity contribution in [2.75, 3.05) is 18.2 Å². The molecule has 0 bridgehead atoms. The van der Waals surface area contributed by atoms with Crippen molar-refractivity contribution in [3.8, 4) is 22.8 Å². The van der Waals surface area contributed by atoms with Gasteiger partial charge in [-0.3, -0.25) is 14.3 Å². The molecule has 0 aliphatic carbocycles. The van der Waals surface area contributed by atoms with Crippen molar-refractivity contribution in [1.29, 1.82) is 0 Å². The van der Waals surface area contributed by atoms with Gasteiger partial charge in [0.1, 0.15) is 5.75 Å². The predicted octanol–water partition coefficient (Wildman–Crippen LogP) is 4.38. The van der Waals surface area contributed by atoms with Gasteiger partial charge in [0.2, 0.25) is 5.91 Å². The summed E-state index contributed by atoms with van der Waals surface area (Å²) in [6.45, 7) is 1.96. The number of methoxy groups -OCH3 is 1. The molecule has 0 saturated carbocycles. The number of nitrogens with zero attached hydrogens (tertiary/aromatic N) is 4. The van der Waals surface area contributed by atoms with Gasteiger partial charge in [-0.15, -0.1) is 10.2 Å². The quantitative estimate of drug-likeness (QED) is 0.438. The van der Waals surface area contributed by atoms with Crippen LogP contribution >= 0.6 is 11.8 Å². The van der Waals surface area contributed by atoms with Crippen LogP contribution in [-0.4, -0.2) is 38.5 Å². The Kier molecular flexibility index (Phi) is 6.28. The van der Waals surface area contributed by atoms with Crippen molar-refractivity contribution in [1.82, 2.24) is 19.7 Å². The number of thioether (sulfide) groups is 1. The maximum atomic E-state index is 12.5. The number of aryl methyl sites for hydroxylation is 1. The van der Waals surface area contributed by atoms with Crippen molar-refractivity contribution in [3.63, 3.8) is 0 Å². The Morgan fingerprint density at radius 1 is 1.06 bits per heavy atom. The van der Waals surface area contributed by atoms with Crippen molar-refractivity contribution in [3.05, 3.63) is 78.6 Å². The zero-order valence-corrected chi connectivity index (χ0v) is 18.0. The topological polar surface area (TPSA) is 81.9 Å². The minimum atomic E-state index is -0.105. The number of aromatic nitrogens is 4. The van der Waals surface area contributed by atoms with E-state index in [9.17, 15) is 4.79 Å². The molecule has 0 unspecified atom stereocenters. The number of carbonyl (C=O) groups excluding carboxylic acids is 1. The Bertz CT molecular complexity index is 1180. The molecule has 7 nitrogen and oxygen atoms in total. The van der Waals surface area contributed by atoms with Crippen LogP contribution in [0.4, 0.5) is 5.69 Å². The third kappa shape index (κ3) is 4.75. The highest BCUT2D eigenvalue weighted by atomic mass is 32.2. The lowest BCUT2D eigenvalue weighted by Gasteiger charge is -2.11. The zero-order chi connectivity index (χ0) is 21.6. The molecule has 0 radical (unpaired) electrons. The van der Waals surface area contributed by atoms with Gasteiger partial charge in [-0.1, -0.05) is 30.0 Å². The van der Waals surface area contributed by atoms with E-state index in [1.165, 1.54) is 11.8 Å². The van der Waals surface area contributed by atoms with Gasteiger partial charge in [-0.25, -0.2) is 0 Å². The van der Waals surface area contributed by atoms with E-state index in [-0.39, 0.29) is 11.7 Å². The molecule has 8 heteroatoms. The Labute approximate surface area is 184 Å². The minimum Gasteiger partial charge on any atom is -0.497 e. The van der Waals surface area contributed by atoms with E-state index in [0.29, 0.717) is 11.0 Å². The van der Waals surface area contributed by atoms with Gasteiger partial charge < -0.3 is 10.1 Å². The molecule has 0 saturated heterocycles. The zero-order valence-electron chi connectivity index (χ0n) is 17.1.